The van der Waals surface area contributed by atoms with Crippen molar-refractivity contribution in [3.05, 3.63) is 54.6 Å². The van der Waals surface area contributed by atoms with Crippen molar-refractivity contribution in [2.45, 2.75) is 0 Å². The molecule has 1 aromatic heterocycles. The van der Waals surface area contributed by atoms with Crippen molar-refractivity contribution in [3.63, 3.8) is 0 Å². The molecule has 0 aliphatic heterocycles. The van der Waals surface area contributed by atoms with Crippen LogP contribution in [0.2, 0.25) is 0 Å². The number of para-hydroxylation sites is 2. The maximum absolute atomic E-state index is 5.78. The first-order valence-electron chi connectivity index (χ1n) is 5.99. The van der Waals surface area contributed by atoms with Crippen LogP contribution in [-0.4, -0.2) is 12.1 Å². The molecule has 0 N–H and O–H groups in total. The van der Waals surface area contributed by atoms with E-state index in [9.17, 15) is 0 Å². The van der Waals surface area contributed by atoms with Crippen molar-refractivity contribution in [3.8, 4) is 17.2 Å². The Balaban J connectivity index is 2.23. The minimum atomic E-state index is 0.579. The Hall–Kier alpha value is -2.55. The Labute approximate surface area is 111 Å². The van der Waals surface area contributed by atoms with Crippen molar-refractivity contribution in [2.24, 2.45) is 0 Å². The fourth-order valence-corrected chi connectivity index (χ4v) is 2.11. The molecule has 0 aliphatic carbocycles. The summed E-state index contributed by atoms with van der Waals surface area (Å²) in [5.41, 5.74) is 3.38. The third-order valence-corrected chi connectivity index (χ3v) is 3.01. The highest BCUT2D eigenvalue weighted by Gasteiger charge is 2.13. The summed E-state index contributed by atoms with van der Waals surface area (Å²) in [6.07, 6.45) is 1.75. The lowest BCUT2D eigenvalue weighted by molar-refractivity contribution is 0.414. The molecule has 0 unspecified atom stereocenters. The Morgan fingerprint density at radius 2 is 2.00 bits per heavy atom. The topological polar surface area (TPSA) is 35.3 Å². The summed E-state index contributed by atoms with van der Waals surface area (Å²) < 4.78 is 11.1. The van der Waals surface area contributed by atoms with Crippen LogP contribution in [0, 0.1) is 0 Å². The molecule has 1 heterocycles. The lowest BCUT2D eigenvalue weighted by Crippen LogP contribution is -1.90. The number of rotatable bonds is 3. The first-order chi connectivity index (χ1) is 9.33. The third-order valence-electron chi connectivity index (χ3n) is 3.01. The number of methoxy groups -OCH3 is 1. The van der Waals surface area contributed by atoms with Gasteiger partial charge in [-0.05, 0) is 24.3 Å². The van der Waals surface area contributed by atoms with E-state index in [-0.39, 0.29) is 0 Å². The zero-order valence-corrected chi connectivity index (χ0v) is 10.6. The van der Waals surface area contributed by atoms with Crippen molar-refractivity contribution in [1.29, 1.82) is 0 Å². The van der Waals surface area contributed by atoms with Gasteiger partial charge >= 0.3 is 0 Å². The molecule has 0 bridgehead atoms. The van der Waals surface area contributed by atoms with Crippen molar-refractivity contribution >= 4 is 17.2 Å². The van der Waals surface area contributed by atoms with Crippen LogP contribution < -0.4 is 4.74 Å². The van der Waals surface area contributed by atoms with Gasteiger partial charge in [0.25, 0.3) is 0 Å². The summed E-state index contributed by atoms with van der Waals surface area (Å²) in [6.45, 7) is 3.83. The van der Waals surface area contributed by atoms with E-state index < -0.39 is 0 Å². The first-order valence-corrected chi connectivity index (χ1v) is 5.99. The summed E-state index contributed by atoms with van der Waals surface area (Å²) in [7, 11) is 1.64. The zero-order chi connectivity index (χ0) is 13.2. The molecule has 0 atom stereocenters. The molecular formula is C16H13NO2. The summed E-state index contributed by atoms with van der Waals surface area (Å²) >= 11 is 0. The molecule has 0 saturated heterocycles. The maximum Gasteiger partial charge on any atom is 0.228 e. The van der Waals surface area contributed by atoms with Crippen molar-refractivity contribution in [1.82, 2.24) is 4.98 Å². The van der Waals surface area contributed by atoms with Crippen molar-refractivity contribution < 1.29 is 9.15 Å². The van der Waals surface area contributed by atoms with E-state index in [4.69, 9.17) is 9.15 Å². The van der Waals surface area contributed by atoms with E-state index in [2.05, 4.69) is 11.6 Å². The van der Waals surface area contributed by atoms with Crippen LogP contribution in [0.4, 0.5) is 0 Å². The normalized spacial score (nSPS) is 10.6. The molecule has 0 aliphatic rings. The largest absolute Gasteiger partial charge is 0.496 e. The van der Waals surface area contributed by atoms with E-state index >= 15 is 0 Å². The number of oxazole rings is 1. The van der Waals surface area contributed by atoms with Crippen LogP contribution in [-0.2, 0) is 0 Å². The molecule has 3 aromatic rings. The lowest BCUT2D eigenvalue weighted by Gasteiger charge is -2.07. The Bertz CT molecular complexity index is 710. The molecule has 0 saturated carbocycles. The smallest absolute Gasteiger partial charge is 0.228 e. The number of aromatic nitrogens is 1. The molecule has 0 radical (unpaired) electrons. The van der Waals surface area contributed by atoms with Gasteiger partial charge in [0.15, 0.2) is 5.58 Å². The van der Waals surface area contributed by atoms with Gasteiger partial charge in [-0.2, -0.15) is 0 Å². The molecule has 2 aromatic carbocycles. The van der Waals surface area contributed by atoms with Gasteiger partial charge in [-0.3, -0.25) is 0 Å². The predicted octanol–water partition coefficient (Wildman–Crippen LogP) is 4.15. The standard InChI is InChI=1S/C16H13NO2/c1-3-11-12(7-6-10-14(11)18-2)16-17-13-8-4-5-9-15(13)19-16/h3-10H,1H2,2H3. The van der Waals surface area contributed by atoms with E-state index in [1.54, 1.807) is 13.2 Å². The van der Waals surface area contributed by atoms with Gasteiger partial charge in [0.1, 0.15) is 11.3 Å². The summed E-state index contributed by atoms with van der Waals surface area (Å²) in [5, 5.41) is 0. The summed E-state index contributed by atoms with van der Waals surface area (Å²) in [5.74, 6) is 1.34. The van der Waals surface area contributed by atoms with Crippen LogP contribution in [0.5, 0.6) is 5.75 Å². The van der Waals surface area contributed by atoms with Crippen LogP contribution in [0.25, 0.3) is 28.6 Å². The second kappa shape index (κ2) is 4.61. The van der Waals surface area contributed by atoms with E-state index in [1.165, 1.54) is 0 Å². The average molecular weight is 251 g/mol. The Morgan fingerprint density at radius 3 is 2.74 bits per heavy atom. The van der Waals surface area contributed by atoms with E-state index in [0.717, 1.165) is 28.0 Å². The maximum atomic E-state index is 5.78. The van der Waals surface area contributed by atoms with Gasteiger partial charge < -0.3 is 9.15 Å². The molecule has 0 spiro atoms. The van der Waals surface area contributed by atoms with Gasteiger partial charge in [0.05, 0.1) is 7.11 Å². The predicted molar refractivity (Wildman–Crippen MR) is 76.1 cm³/mol. The molecule has 3 heteroatoms. The number of ether oxygens (including phenoxy) is 1. The minimum Gasteiger partial charge on any atom is -0.496 e. The van der Waals surface area contributed by atoms with Gasteiger partial charge in [0.2, 0.25) is 5.89 Å². The molecule has 19 heavy (non-hydrogen) atoms. The molecule has 3 rings (SSSR count). The highest BCUT2D eigenvalue weighted by molar-refractivity contribution is 5.80. The summed E-state index contributed by atoms with van der Waals surface area (Å²) in [4.78, 5) is 4.50. The number of hydrogen-bond acceptors (Lipinski definition) is 3. The first kappa shape index (κ1) is 11.5. The van der Waals surface area contributed by atoms with E-state index in [1.807, 2.05) is 42.5 Å². The monoisotopic (exact) mass is 251 g/mol. The van der Waals surface area contributed by atoms with Crippen molar-refractivity contribution in [2.75, 3.05) is 7.11 Å². The number of fused-ring (bicyclic) bond motifs is 1. The minimum absolute atomic E-state index is 0.579. The fourth-order valence-electron chi connectivity index (χ4n) is 2.11. The van der Waals surface area contributed by atoms with E-state index in [0.29, 0.717) is 5.89 Å². The van der Waals surface area contributed by atoms with Crippen LogP contribution in [0.3, 0.4) is 0 Å². The quantitative estimate of drug-likeness (QED) is 0.701. The van der Waals surface area contributed by atoms with Gasteiger partial charge in [-0.25, -0.2) is 4.98 Å². The molecule has 3 nitrogen and oxygen atoms in total. The second-order valence-electron chi connectivity index (χ2n) is 4.11. The average Bonchev–Trinajstić information content (AvgIpc) is 2.89. The molecule has 0 fully saturated rings. The highest BCUT2D eigenvalue weighted by Crippen LogP contribution is 2.32. The molecule has 0 amide bonds. The lowest BCUT2D eigenvalue weighted by atomic mass is 10.1. The Morgan fingerprint density at radius 1 is 1.16 bits per heavy atom. The van der Waals surface area contributed by atoms with Crippen LogP contribution in [0.15, 0.2) is 53.5 Å². The fraction of sp³-hybridized carbons (Fsp3) is 0.0625. The van der Waals surface area contributed by atoms with Gasteiger partial charge in [-0.15, -0.1) is 0 Å². The number of benzene rings is 2. The van der Waals surface area contributed by atoms with Crippen LogP contribution in [0.1, 0.15) is 5.56 Å². The SMILES string of the molecule is C=Cc1c(OC)cccc1-c1nc2ccccc2o1. The molecule has 94 valence electrons. The van der Waals surface area contributed by atoms with Crippen LogP contribution >= 0.6 is 0 Å². The highest BCUT2D eigenvalue weighted by atomic mass is 16.5. The second-order valence-corrected chi connectivity index (χ2v) is 4.11. The molecular weight excluding hydrogens is 238 g/mol. The summed E-state index contributed by atoms with van der Waals surface area (Å²) in [6, 6.07) is 13.4. The number of nitrogens with zero attached hydrogens (tertiary/aromatic N) is 1. The third kappa shape index (κ3) is 1.89. The zero-order valence-electron chi connectivity index (χ0n) is 10.6. The van der Waals surface area contributed by atoms with Gasteiger partial charge in [0, 0.05) is 11.1 Å². The van der Waals surface area contributed by atoms with Gasteiger partial charge in [-0.1, -0.05) is 30.9 Å². The Kier molecular flexibility index (Phi) is 2.80. The number of hydrogen-bond donors (Lipinski definition) is 0.